The van der Waals surface area contributed by atoms with Gasteiger partial charge in [-0.2, -0.15) is 0 Å². The van der Waals surface area contributed by atoms with Gasteiger partial charge in [-0.1, -0.05) is 23.2 Å². The Labute approximate surface area is 97.8 Å². The maximum absolute atomic E-state index is 9.65. The number of hydrogen-bond acceptors (Lipinski definition) is 3. The van der Waals surface area contributed by atoms with Gasteiger partial charge in [0.1, 0.15) is 17.0 Å². The molecule has 1 N–H and O–H groups in total. The van der Waals surface area contributed by atoms with Crippen molar-refractivity contribution in [2.75, 3.05) is 0 Å². The van der Waals surface area contributed by atoms with E-state index in [0.717, 1.165) is 0 Å². The first-order chi connectivity index (χ1) is 6.61. The van der Waals surface area contributed by atoms with E-state index in [1.807, 2.05) is 0 Å². The summed E-state index contributed by atoms with van der Waals surface area (Å²) >= 11 is 14.9. The predicted molar refractivity (Wildman–Crippen MR) is 58.9 cm³/mol. The molecule has 72 valence electrons. The third kappa shape index (κ3) is 1.43. The average Bonchev–Trinajstić information content (AvgIpc) is 2.14. The van der Waals surface area contributed by atoms with Crippen molar-refractivity contribution in [2.45, 2.75) is 0 Å². The molecule has 0 bridgehead atoms. The molecule has 0 atom stereocenters. The molecule has 0 fully saturated rings. The Kier molecular flexibility index (Phi) is 2.51. The van der Waals surface area contributed by atoms with Crippen LogP contribution in [0.25, 0.3) is 10.9 Å². The fourth-order valence-corrected chi connectivity index (χ4v) is 2.24. The molecular weight excluding hydrogens is 291 g/mol. The molecule has 0 saturated heterocycles. The monoisotopic (exact) mass is 292 g/mol. The van der Waals surface area contributed by atoms with Gasteiger partial charge in [0.15, 0.2) is 5.75 Å². The summed E-state index contributed by atoms with van der Waals surface area (Å²) in [6, 6.07) is 1.55. The molecule has 1 heterocycles. The number of halogens is 3. The Morgan fingerprint density at radius 2 is 2.00 bits per heavy atom. The van der Waals surface area contributed by atoms with Gasteiger partial charge in [-0.15, -0.1) is 0 Å². The standard InChI is InChI=1S/C8H3BrCl2N2O/c9-3-1-4(10)5-6(7(3)14)12-2-13-8(5)11/h1-2,14H. The number of hydrogen-bond donors (Lipinski definition) is 1. The number of rotatable bonds is 0. The summed E-state index contributed by atoms with van der Waals surface area (Å²) < 4.78 is 0.477. The maximum Gasteiger partial charge on any atom is 0.156 e. The Hall–Kier alpha value is -0.580. The van der Waals surface area contributed by atoms with Crippen LogP contribution in [0, 0.1) is 0 Å². The number of aromatic nitrogens is 2. The number of aromatic hydroxyl groups is 1. The van der Waals surface area contributed by atoms with Crippen molar-refractivity contribution in [3.63, 3.8) is 0 Å². The van der Waals surface area contributed by atoms with Crippen LogP contribution < -0.4 is 0 Å². The van der Waals surface area contributed by atoms with Crippen LogP contribution >= 0.6 is 39.1 Å². The lowest BCUT2D eigenvalue weighted by molar-refractivity contribution is 0.477. The van der Waals surface area contributed by atoms with E-state index in [2.05, 4.69) is 25.9 Å². The Morgan fingerprint density at radius 1 is 1.29 bits per heavy atom. The summed E-state index contributed by atoms with van der Waals surface area (Å²) in [6.07, 6.45) is 1.27. The number of phenols is 1. The molecule has 2 rings (SSSR count). The zero-order chi connectivity index (χ0) is 10.3. The van der Waals surface area contributed by atoms with Crippen molar-refractivity contribution in [1.29, 1.82) is 0 Å². The van der Waals surface area contributed by atoms with Crippen LogP contribution in [0.3, 0.4) is 0 Å². The second kappa shape index (κ2) is 3.53. The van der Waals surface area contributed by atoms with Crippen LogP contribution in [-0.2, 0) is 0 Å². The summed E-state index contributed by atoms with van der Waals surface area (Å²) in [5.41, 5.74) is 0.337. The average molecular weight is 294 g/mol. The van der Waals surface area contributed by atoms with E-state index in [9.17, 15) is 5.11 Å². The number of fused-ring (bicyclic) bond motifs is 1. The fourth-order valence-electron chi connectivity index (χ4n) is 1.12. The molecule has 14 heavy (non-hydrogen) atoms. The highest BCUT2D eigenvalue weighted by molar-refractivity contribution is 9.10. The molecule has 0 spiro atoms. The summed E-state index contributed by atoms with van der Waals surface area (Å²) in [5, 5.41) is 10.7. The zero-order valence-electron chi connectivity index (χ0n) is 6.63. The van der Waals surface area contributed by atoms with Crippen LogP contribution in [0.5, 0.6) is 5.75 Å². The van der Waals surface area contributed by atoms with E-state index in [1.165, 1.54) is 6.33 Å². The van der Waals surface area contributed by atoms with E-state index in [1.54, 1.807) is 6.07 Å². The van der Waals surface area contributed by atoms with Gasteiger partial charge in [-0.3, -0.25) is 0 Å². The van der Waals surface area contributed by atoms with Gasteiger partial charge >= 0.3 is 0 Å². The van der Waals surface area contributed by atoms with Crippen LogP contribution in [0.15, 0.2) is 16.9 Å². The molecule has 0 unspecified atom stereocenters. The summed E-state index contributed by atoms with van der Waals surface area (Å²) in [5.74, 6) is 0.00806. The molecule has 0 amide bonds. The summed E-state index contributed by atoms with van der Waals surface area (Å²) in [4.78, 5) is 7.69. The van der Waals surface area contributed by atoms with Crippen LogP contribution in [0.4, 0.5) is 0 Å². The Morgan fingerprint density at radius 3 is 2.71 bits per heavy atom. The molecule has 1 aromatic heterocycles. The normalized spacial score (nSPS) is 10.8. The van der Waals surface area contributed by atoms with Crippen LogP contribution in [0.2, 0.25) is 10.2 Å². The number of nitrogens with zero attached hydrogens (tertiary/aromatic N) is 2. The lowest BCUT2D eigenvalue weighted by Crippen LogP contribution is -1.86. The minimum absolute atomic E-state index is 0.00806. The molecule has 3 nitrogen and oxygen atoms in total. The summed E-state index contributed by atoms with van der Waals surface area (Å²) in [6.45, 7) is 0. The van der Waals surface area contributed by atoms with Crippen molar-refractivity contribution >= 4 is 50.0 Å². The zero-order valence-corrected chi connectivity index (χ0v) is 9.73. The minimum atomic E-state index is 0.00806. The van der Waals surface area contributed by atoms with E-state index in [-0.39, 0.29) is 10.9 Å². The van der Waals surface area contributed by atoms with Gasteiger partial charge in [0.25, 0.3) is 0 Å². The molecular formula is C8H3BrCl2N2O. The topological polar surface area (TPSA) is 46.0 Å². The number of benzene rings is 1. The van der Waals surface area contributed by atoms with Gasteiger partial charge in [0, 0.05) is 0 Å². The second-order valence-corrected chi connectivity index (χ2v) is 4.20. The van der Waals surface area contributed by atoms with Gasteiger partial charge < -0.3 is 5.11 Å². The third-order valence-electron chi connectivity index (χ3n) is 1.74. The van der Waals surface area contributed by atoms with Crippen molar-refractivity contribution < 1.29 is 5.11 Å². The second-order valence-electron chi connectivity index (χ2n) is 2.58. The molecule has 1 aromatic carbocycles. The van der Waals surface area contributed by atoms with Crippen molar-refractivity contribution in [2.24, 2.45) is 0 Å². The van der Waals surface area contributed by atoms with Gasteiger partial charge in [-0.25, -0.2) is 9.97 Å². The van der Waals surface area contributed by atoms with Gasteiger partial charge in [0.05, 0.1) is 14.9 Å². The molecule has 0 saturated carbocycles. The molecule has 0 radical (unpaired) electrons. The number of phenolic OH excluding ortho intramolecular Hbond substituents is 1. The van der Waals surface area contributed by atoms with E-state index in [4.69, 9.17) is 23.2 Å². The molecule has 2 aromatic rings. The molecule has 6 heteroatoms. The predicted octanol–water partition coefficient (Wildman–Crippen LogP) is 3.40. The third-order valence-corrected chi connectivity index (χ3v) is 2.93. The van der Waals surface area contributed by atoms with E-state index >= 15 is 0 Å². The Bertz CT molecular complexity index is 518. The highest BCUT2D eigenvalue weighted by atomic mass is 79.9. The SMILES string of the molecule is Oc1c(Br)cc(Cl)c2c(Cl)ncnc12. The summed E-state index contributed by atoms with van der Waals surface area (Å²) in [7, 11) is 0. The first-order valence-corrected chi connectivity index (χ1v) is 5.13. The lowest BCUT2D eigenvalue weighted by Gasteiger charge is -2.04. The van der Waals surface area contributed by atoms with Crippen molar-refractivity contribution in [1.82, 2.24) is 9.97 Å². The van der Waals surface area contributed by atoms with Crippen molar-refractivity contribution in [3.05, 3.63) is 27.0 Å². The van der Waals surface area contributed by atoms with Gasteiger partial charge in [-0.05, 0) is 22.0 Å². The molecule has 0 aliphatic carbocycles. The highest BCUT2D eigenvalue weighted by Gasteiger charge is 2.12. The first-order valence-electron chi connectivity index (χ1n) is 3.58. The minimum Gasteiger partial charge on any atom is -0.505 e. The largest absolute Gasteiger partial charge is 0.505 e. The quantitative estimate of drug-likeness (QED) is 0.757. The lowest BCUT2D eigenvalue weighted by atomic mass is 10.2. The van der Waals surface area contributed by atoms with Gasteiger partial charge in [0.2, 0.25) is 0 Å². The Balaban J connectivity index is 3.02. The highest BCUT2D eigenvalue weighted by Crippen LogP contribution is 2.38. The smallest absolute Gasteiger partial charge is 0.156 e. The van der Waals surface area contributed by atoms with Crippen LogP contribution in [0.1, 0.15) is 0 Å². The van der Waals surface area contributed by atoms with Crippen LogP contribution in [-0.4, -0.2) is 15.1 Å². The fraction of sp³-hybridized carbons (Fsp3) is 0. The van der Waals surface area contributed by atoms with Crippen molar-refractivity contribution in [3.8, 4) is 5.75 Å². The molecule has 0 aliphatic heterocycles. The first kappa shape index (κ1) is 9.96. The van der Waals surface area contributed by atoms with E-state index < -0.39 is 0 Å². The molecule has 0 aliphatic rings. The van der Waals surface area contributed by atoms with E-state index in [0.29, 0.717) is 20.4 Å². The maximum atomic E-state index is 9.65.